The van der Waals surface area contributed by atoms with Crippen molar-refractivity contribution in [1.82, 2.24) is 0 Å². The van der Waals surface area contributed by atoms with Crippen molar-refractivity contribution in [3.05, 3.63) is 48.0 Å². The second-order valence-corrected chi connectivity index (χ2v) is 10.8. The molecule has 0 bridgehead atoms. The highest BCUT2D eigenvalue weighted by Crippen LogP contribution is 2.34. The van der Waals surface area contributed by atoms with Crippen LogP contribution in [0.3, 0.4) is 0 Å². The van der Waals surface area contributed by atoms with Crippen LogP contribution in [0.1, 0.15) is 18.5 Å². The van der Waals surface area contributed by atoms with Gasteiger partial charge in [0.25, 0.3) is 0 Å². The van der Waals surface area contributed by atoms with Gasteiger partial charge >= 0.3 is 0 Å². The SMILES string of the molecule is C/C=C/[C@H]([C@H](N)c1ccccc1)[Si](C)(C)C. The molecule has 0 aliphatic heterocycles. The zero-order valence-electron chi connectivity index (χ0n) is 10.8. The van der Waals surface area contributed by atoms with Gasteiger partial charge in [-0.1, -0.05) is 62.1 Å². The van der Waals surface area contributed by atoms with Gasteiger partial charge in [-0.25, -0.2) is 0 Å². The topological polar surface area (TPSA) is 26.0 Å². The zero-order valence-corrected chi connectivity index (χ0v) is 11.8. The summed E-state index contributed by atoms with van der Waals surface area (Å²) in [5, 5.41) is 0. The Kier molecular flexibility index (Phi) is 4.51. The van der Waals surface area contributed by atoms with Crippen LogP contribution in [0, 0.1) is 0 Å². The van der Waals surface area contributed by atoms with Crippen molar-refractivity contribution in [3.63, 3.8) is 0 Å². The molecule has 0 saturated carbocycles. The molecule has 1 nitrogen and oxygen atoms in total. The van der Waals surface area contributed by atoms with E-state index in [0.717, 1.165) is 0 Å². The Balaban J connectivity index is 2.97. The predicted molar refractivity (Wildman–Crippen MR) is 75.3 cm³/mol. The number of hydrogen-bond acceptors (Lipinski definition) is 1. The van der Waals surface area contributed by atoms with Crippen molar-refractivity contribution in [2.75, 3.05) is 0 Å². The first kappa shape index (κ1) is 13.2. The van der Waals surface area contributed by atoms with Gasteiger partial charge in [0.05, 0.1) is 8.07 Å². The fraction of sp³-hybridized carbons (Fsp3) is 0.429. The lowest BCUT2D eigenvalue weighted by atomic mass is 10.0. The van der Waals surface area contributed by atoms with Crippen molar-refractivity contribution in [3.8, 4) is 0 Å². The molecule has 2 atom stereocenters. The van der Waals surface area contributed by atoms with E-state index in [1.807, 2.05) is 6.07 Å². The highest BCUT2D eigenvalue weighted by Gasteiger charge is 2.30. The number of rotatable bonds is 4. The third kappa shape index (κ3) is 3.32. The van der Waals surface area contributed by atoms with Crippen molar-refractivity contribution >= 4 is 8.07 Å². The molecular formula is C14H23NSi. The maximum Gasteiger partial charge on any atom is 0.0537 e. The van der Waals surface area contributed by atoms with Crippen LogP contribution in [0.25, 0.3) is 0 Å². The second kappa shape index (κ2) is 5.46. The molecular weight excluding hydrogens is 210 g/mol. The highest BCUT2D eigenvalue weighted by molar-refractivity contribution is 6.78. The normalized spacial score (nSPS) is 16.3. The largest absolute Gasteiger partial charge is 0.324 e. The van der Waals surface area contributed by atoms with Crippen LogP contribution in [0.15, 0.2) is 42.5 Å². The fourth-order valence-corrected chi connectivity index (χ4v) is 4.08. The van der Waals surface area contributed by atoms with Crippen LogP contribution in [0.4, 0.5) is 0 Å². The van der Waals surface area contributed by atoms with Gasteiger partial charge in [0, 0.05) is 6.04 Å². The third-order valence-electron chi connectivity index (χ3n) is 2.97. The van der Waals surface area contributed by atoms with E-state index < -0.39 is 8.07 Å². The van der Waals surface area contributed by atoms with Crippen LogP contribution in [-0.4, -0.2) is 8.07 Å². The molecule has 0 aromatic heterocycles. The maximum atomic E-state index is 6.39. The predicted octanol–water partition coefficient (Wildman–Crippen LogP) is 3.97. The molecule has 0 aliphatic rings. The molecule has 0 amide bonds. The van der Waals surface area contributed by atoms with Crippen LogP contribution >= 0.6 is 0 Å². The van der Waals surface area contributed by atoms with Gasteiger partial charge in [0.15, 0.2) is 0 Å². The number of hydrogen-bond donors (Lipinski definition) is 1. The first-order valence-electron chi connectivity index (χ1n) is 5.90. The zero-order chi connectivity index (χ0) is 12.2. The Hall–Kier alpha value is -0.863. The minimum Gasteiger partial charge on any atom is -0.324 e. The molecule has 1 aromatic rings. The van der Waals surface area contributed by atoms with Gasteiger partial charge in [0.2, 0.25) is 0 Å². The molecule has 0 spiro atoms. The van der Waals surface area contributed by atoms with Crippen LogP contribution in [0.5, 0.6) is 0 Å². The van der Waals surface area contributed by atoms with Crippen molar-refractivity contribution < 1.29 is 0 Å². The van der Waals surface area contributed by atoms with Gasteiger partial charge in [-0.15, -0.1) is 0 Å². The lowest BCUT2D eigenvalue weighted by Crippen LogP contribution is -2.34. The summed E-state index contributed by atoms with van der Waals surface area (Å²) in [5.74, 6) is 0. The molecule has 2 N–H and O–H groups in total. The Morgan fingerprint density at radius 3 is 2.12 bits per heavy atom. The lowest BCUT2D eigenvalue weighted by Gasteiger charge is -2.31. The van der Waals surface area contributed by atoms with E-state index in [1.165, 1.54) is 5.56 Å². The molecule has 0 saturated heterocycles. The average Bonchev–Trinajstić information content (AvgIpc) is 2.25. The molecule has 16 heavy (non-hydrogen) atoms. The molecule has 1 rings (SSSR count). The second-order valence-electron chi connectivity index (χ2n) is 5.35. The van der Waals surface area contributed by atoms with Crippen LogP contribution < -0.4 is 5.73 Å². The number of benzene rings is 1. The van der Waals surface area contributed by atoms with Crippen molar-refractivity contribution in [2.24, 2.45) is 5.73 Å². The smallest absolute Gasteiger partial charge is 0.0537 e. The molecule has 1 aromatic carbocycles. The molecule has 0 fully saturated rings. The monoisotopic (exact) mass is 233 g/mol. The van der Waals surface area contributed by atoms with Gasteiger partial charge in [-0.05, 0) is 18.0 Å². The van der Waals surface area contributed by atoms with Gasteiger partial charge < -0.3 is 5.73 Å². The summed E-state index contributed by atoms with van der Waals surface area (Å²) >= 11 is 0. The van der Waals surface area contributed by atoms with E-state index in [-0.39, 0.29) is 6.04 Å². The van der Waals surface area contributed by atoms with Gasteiger partial charge in [-0.3, -0.25) is 0 Å². The molecule has 88 valence electrons. The molecule has 0 heterocycles. The minimum absolute atomic E-state index is 0.129. The lowest BCUT2D eigenvalue weighted by molar-refractivity contribution is 0.718. The third-order valence-corrected chi connectivity index (χ3v) is 5.52. The Bertz CT molecular complexity index is 338. The fourth-order valence-electron chi connectivity index (χ4n) is 2.04. The molecule has 0 unspecified atom stereocenters. The number of allylic oxidation sites excluding steroid dienone is 1. The maximum absolute atomic E-state index is 6.39. The summed E-state index contributed by atoms with van der Waals surface area (Å²) in [6, 6.07) is 10.5. The van der Waals surface area contributed by atoms with E-state index in [2.05, 4.69) is 63.0 Å². The van der Waals surface area contributed by atoms with E-state index in [9.17, 15) is 0 Å². The van der Waals surface area contributed by atoms with E-state index in [4.69, 9.17) is 5.73 Å². The summed E-state index contributed by atoms with van der Waals surface area (Å²) in [4.78, 5) is 0. The average molecular weight is 233 g/mol. The van der Waals surface area contributed by atoms with E-state index >= 15 is 0 Å². The summed E-state index contributed by atoms with van der Waals surface area (Å²) < 4.78 is 0. The van der Waals surface area contributed by atoms with Crippen molar-refractivity contribution in [2.45, 2.75) is 38.1 Å². The first-order valence-corrected chi connectivity index (χ1v) is 9.48. The van der Waals surface area contributed by atoms with Crippen LogP contribution in [-0.2, 0) is 0 Å². The Morgan fingerprint density at radius 1 is 1.12 bits per heavy atom. The quantitative estimate of drug-likeness (QED) is 0.618. The Morgan fingerprint density at radius 2 is 1.69 bits per heavy atom. The summed E-state index contributed by atoms with van der Waals surface area (Å²) in [6.07, 6.45) is 4.41. The highest BCUT2D eigenvalue weighted by atomic mass is 28.3. The first-order chi connectivity index (χ1) is 7.46. The molecule has 0 radical (unpaired) electrons. The molecule has 0 aliphatic carbocycles. The van der Waals surface area contributed by atoms with Crippen molar-refractivity contribution in [1.29, 1.82) is 0 Å². The minimum atomic E-state index is -1.27. The molecule has 2 heteroatoms. The summed E-state index contributed by atoms with van der Waals surface area (Å²) in [7, 11) is -1.27. The van der Waals surface area contributed by atoms with Gasteiger partial charge in [0.1, 0.15) is 0 Å². The van der Waals surface area contributed by atoms with E-state index in [1.54, 1.807) is 0 Å². The Labute approximate surface area is 100 Å². The van der Waals surface area contributed by atoms with Gasteiger partial charge in [-0.2, -0.15) is 0 Å². The number of nitrogens with two attached hydrogens (primary N) is 1. The summed E-state index contributed by atoms with van der Waals surface area (Å²) in [5.41, 5.74) is 8.14. The van der Waals surface area contributed by atoms with Crippen LogP contribution in [0.2, 0.25) is 25.2 Å². The van der Waals surface area contributed by atoms with E-state index in [0.29, 0.717) is 5.54 Å². The standard InChI is InChI=1S/C14H23NSi/c1-5-9-13(16(2,3)4)14(15)12-10-7-6-8-11-12/h5-11,13-14H,15H2,1-4H3/b9-5+/t13-,14-/m1/s1. The summed E-state index contributed by atoms with van der Waals surface area (Å²) in [6.45, 7) is 9.20.